The SMILES string of the molecule is Cc1cc(C(N)=O)ccc1CNC1CCCCCC1. The lowest BCUT2D eigenvalue weighted by Gasteiger charge is -2.17. The third kappa shape index (κ3) is 4.06. The van der Waals surface area contributed by atoms with Crippen molar-refractivity contribution in [3.05, 3.63) is 34.9 Å². The summed E-state index contributed by atoms with van der Waals surface area (Å²) in [5.41, 5.74) is 8.27. The van der Waals surface area contributed by atoms with Gasteiger partial charge >= 0.3 is 0 Å². The quantitative estimate of drug-likeness (QED) is 0.818. The van der Waals surface area contributed by atoms with Crippen molar-refractivity contribution in [2.45, 2.75) is 58.0 Å². The topological polar surface area (TPSA) is 55.1 Å². The van der Waals surface area contributed by atoms with E-state index in [-0.39, 0.29) is 5.91 Å². The predicted molar refractivity (Wildman–Crippen MR) is 78.0 cm³/mol. The number of carbonyl (C=O) groups is 1. The molecule has 1 aromatic rings. The van der Waals surface area contributed by atoms with Crippen molar-refractivity contribution in [1.29, 1.82) is 0 Å². The van der Waals surface area contributed by atoms with Crippen LogP contribution in [0.4, 0.5) is 0 Å². The van der Waals surface area contributed by atoms with E-state index in [1.165, 1.54) is 44.1 Å². The maximum Gasteiger partial charge on any atom is 0.248 e. The van der Waals surface area contributed by atoms with Crippen molar-refractivity contribution < 1.29 is 4.79 Å². The van der Waals surface area contributed by atoms with E-state index < -0.39 is 0 Å². The van der Waals surface area contributed by atoms with Gasteiger partial charge in [0, 0.05) is 18.2 Å². The highest BCUT2D eigenvalue weighted by Crippen LogP contribution is 2.18. The van der Waals surface area contributed by atoms with E-state index in [2.05, 4.69) is 5.32 Å². The molecule has 1 fully saturated rings. The highest BCUT2D eigenvalue weighted by molar-refractivity contribution is 5.93. The zero-order chi connectivity index (χ0) is 13.7. The summed E-state index contributed by atoms with van der Waals surface area (Å²) in [4.78, 5) is 11.1. The van der Waals surface area contributed by atoms with E-state index in [0.29, 0.717) is 11.6 Å². The average molecular weight is 260 g/mol. The number of nitrogens with one attached hydrogen (secondary N) is 1. The van der Waals surface area contributed by atoms with Crippen LogP contribution in [0, 0.1) is 6.92 Å². The highest BCUT2D eigenvalue weighted by atomic mass is 16.1. The molecule has 0 saturated heterocycles. The first-order chi connectivity index (χ1) is 9.16. The van der Waals surface area contributed by atoms with Crippen molar-refractivity contribution >= 4 is 5.91 Å². The normalized spacial score (nSPS) is 17.1. The van der Waals surface area contributed by atoms with Gasteiger partial charge in [0.15, 0.2) is 0 Å². The molecule has 0 heterocycles. The third-order valence-corrected chi connectivity index (χ3v) is 4.06. The van der Waals surface area contributed by atoms with Crippen molar-refractivity contribution in [2.24, 2.45) is 5.73 Å². The molecule has 1 aliphatic rings. The fourth-order valence-electron chi connectivity index (χ4n) is 2.79. The summed E-state index contributed by atoms with van der Waals surface area (Å²) in [5, 5.41) is 3.65. The predicted octanol–water partition coefficient (Wildman–Crippen LogP) is 2.91. The lowest BCUT2D eigenvalue weighted by Crippen LogP contribution is -2.28. The fourth-order valence-corrected chi connectivity index (χ4v) is 2.79. The summed E-state index contributed by atoms with van der Waals surface area (Å²) >= 11 is 0. The van der Waals surface area contributed by atoms with Gasteiger partial charge in [-0.15, -0.1) is 0 Å². The van der Waals surface area contributed by atoms with Gasteiger partial charge in [0.1, 0.15) is 0 Å². The van der Waals surface area contributed by atoms with Gasteiger partial charge in [0.25, 0.3) is 0 Å². The van der Waals surface area contributed by atoms with Gasteiger partial charge in [-0.25, -0.2) is 0 Å². The Hall–Kier alpha value is -1.35. The molecule has 1 aliphatic carbocycles. The molecular weight excluding hydrogens is 236 g/mol. The molecule has 0 aliphatic heterocycles. The largest absolute Gasteiger partial charge is 0.366 e. The Balaban J connectivity index is 1.93. The van der Waals surface area contributed by atoms with Gasteiger partial charge in [-0.3, -0.25) is 4.79 Å². The molecule has 0 spiro atoms. The molecule has 19 heavy (non-hydrogen) atoms. The molecule has 2 rings (SSSR count). The Morgan fingerprint density at radius 1 is 1.26 bits per heavy atom. The van der Waals surface area contributed by atoms with Gasteiger partial charge < -0.3 is 11.1 Å². The Bertz CT molecular complexity index is 434. The molecule has 0 aromatic heterocycles. The fraction of sp³-hybridized carbons (Fsp3) is 0.562. The van der Waals surface area contributed by atoms with Gasteiger partial charge in [-0.05, 0) is 43.0 Å². The number of primary amides is 1. The lowest BCUT2D eigenvalue weighted by atomic mass is 10.0. The Kier molecular flexibility index (Phi) is 4.97. The molecule has 0 bridgehead atoms. The first-order valence-corrected chi connectivity index (χ1v) is 7.29. The number of benzene rings is 1. The number of hydrogen-bond donors (Lipinski definition) is 2. The van der Waals surface area contributed by atoms with Crippen LogP contribution in [-0.2, 0) is 6.54 Å². The Morgan fingerprint density at radius 2 is 1.95 bits per heavy atom. The van der Waals surface area contributed by atoms with E-state index in [0.717, 1.165) is 12.1 Å². The van der Waals surface area contributed by atoms with Crippen LogP contribution >= 0.6 is 0 Å². The second kappa shape index (κ2) is 6.71. The van der Waals surface area contributed by atoms with E-state index >= 15 is 0 Å². The van der Waals surface area contributed by atoms with Crippen LogP contribution in [0.25, 0.3) is 0 Å². The first kappa shape index (κ1) is 14.1. The summed E-state index contributed by atoms with van der Waals surface area (Å²) in [6, 6.07) is 6.36. The van der Waals surface area contributed by atoms with Crippen LogP contribution in [-0.4, -0.2) is 11.9 Å². The van der Waals surface area contributed by atoms with E-state index in [1.54, 1.807) is 0 Å². The van der Waals surface area contributed by atoms with E-state index in [1.807, 2.05) is 25.1 Å². The smallest absolute Gasteiger partial charge is 0.248 e. The standard InChI is InChI=1S/C16H24N2O/c1-12-10-13(16(17)19)8-9-14(12)11-18-15-6-4-2-3-5-7-15/h8-10,15,18H,2-7,11H2,1H3,(H2,17,19). The lowest BCUT2D eigenvalue weighted by molar-refractivity contribution is 0.1000. The molecule has 3 N–H and O–H groups in total. The van der Waals surface area contributed by atoms with Crippen LogP contribution in [0.5, 0.6) is 0 Å². The zero-order valence-electron chi connectivity index (χ0n) is 11.7. The summed E-state index contributed by atoms with van der Waals surface area (Å²) in [6.07, 6.45) is 8.03. The van der Waals surface area contributed by atoms with Gasteiger partial charge in [-0.2, -0.15) is 0 Å². The van der Waals surface area contributed by atoms with Gasteiger partial charge in [0.2, 0.25) is 5.91 Å². The zero-order valence-corrected chi connectivity index (χ0v) is 11.7. The average Bonchev–Trinajstić information content (AvgIpc) is 2.65. The minimum Gasteiger partial charge on any atom is -0.366 e. The molecule has 104 valence electrons. The van der Waals surface area contributed by atoms with Crippen molar-refractivity contribution in [1.82, 2.24) is 5.32 Å². The molecule has 0 unspecified atom stereocenters. The molecule has 1 aromatic carbocycles. The minimum atomic E-state index is -0.355. The molecule has 3 nitrogen and oxygen atoms in total. The van der Waals surface area contributed by atoms with E-state index in [9.17, 15) is 4.79 Å². The van der Waals surface area contributed by atoms with Crippen LogP contribution in [0.15, 0.2) is 18.2 Å². The van der Waals surface area contributed by atoms with E-state index in [4.69, 9.17) is 5.73 Å². The molecule has 1 amide bonds. The summed E-state index contributed by atoms with van der Waals surface area (Å²) < 4.78 is 0. The second-order valence-electron chi connectivity index (χ2n) is 5.57. The van der Waals surface area contributed by atoms with Crippen LogP contribution in [0.3, 0.4) is 0 Å². The van der Waals surface area contributed by atoms with Crippen LogP contribution < -0.4 is 11.1 Å². The second-order valence-corrected chi connectivity index (χ2v) is 5.57. The maximum atomic E-state index is 11.1. The van der Waals surface area contributed by atoms with Crippen molar-refractivity contribution in [2.75, 3.05) is 0 Å². The molecule has 0 atom stereocenters. The number of carbonyl (C=O) groups excluding carboxylic acids is 1. The molecule has 0 radical (unpaired) electrons. The van der Waals surface area contributed by atoms with Crippen molar-refractivity contribution in [3.8, 4) is 0 Å². The molecular formula is C16H24N2O. The molecule has 3 heteroatoms. The summed E-state index contributed by atoms with van der Waals surface area (Å²) in [5.74, 6) is -0.355. The third-order valence-electron chi connectivity index (χ3n) is 4.06. The number of hydrogen-bond acceptors (Lipinski definition) is 2. The van der Waals surface area contributed by atoms with Gasteiger partial charge in [-0.1, -0.05) is 31.7 Å². The molecule has 1 saturated carbocycles. The number of aryl methyl sites for hydroxylation is 1. The Morgan fingerprint density at radius 3 is 2.53 bits per heavy atom. The van der Waals surface area contributed by atoms with Gasteiger partial charge in [0.05, 0.1) is 0 Å². The monoisotopic (exact) mass is 260 g/mol. The minimum absolute atomic E-state index is 0.355. The number of nitrogens with two attached hydrogens (primary N) is 1. The van der Waals surface area contributed by atoms with Crippen LogP contribution in [0.2, 0.25) is 0 Å². The number of amides is 1. The Labute approximate surface area is 115 Å². The highest BCUT2D eigenvalue weighted by Gasteiger charge is 2.12. The van der Waals surface area contributed by atoms with Crippen molar-refractivity contribution in [3.63, 3.8) is 0 Å². The first-order valence-electron chi connectivity index (χ1n) is 7.29. The maximum absolute atomic E-state index is 11.1. The summed E-state index contributed by atoms with van der Waals surface area (Å²) in [6.45, 7) is 2.92. The summed E-state index contributed by atoms with van der Waals surface area (Å²) in [7, 11) is 0. The van der Waals surface area contributed by atoms with Crippen LogP contribution in [0.1, 0.15) is 60.0 Å². The number of rotatable bonds is 4.